The Labute approximate surface area is 136 Å². The van der Waals surface area contributed by atoms with Crippen molar-refractivity contribution < 1.29 is 9.59 Å². The maximum absolute atomic E-state index is 12.2. The number of hydrogen-bond acceptors (Lipinski definition) is 3. The van der Waals surface area contributed by atoms with E-state index >= 15 is 0 Å². The Kier molecular flexibility index (Phi) is 5.86. The van der Waals surface area contributed by atoms with Gasteiger partial charge in [0.1, 0.15) is 0 Å². The Morgan fingerprint density at radius 3 is 2.22 bits per heavy atom. The van der Waals surface area contributed by atoms with Crippen LogP contribution in [0.25, 0.3) is 0 Å². The van der Waals surface area contributed by atoms with Gasteiger partial charge < -0.3 is 10.6 Å². The van der Waals surface area contributed by atoms with E-state index in [0.29, 0.717) is 24.2 Å². The molecule has 0 saturated carbocycles. The van der Waals surface area contributed by atoms with Crippen molar-refractivity contribution in [1.29, 1.82) is 0 Å². The first-order chi connectivity index (χ1) is 11.1. The molecule has 0 bridgehead atoms. The highest BCUT2D eigenvalue weighted by Crippen LogP contribution is 2.05. The van der Waals surface area contributed by atoms with Crippen LogP contribution in [0.5, 0.6) is 0 Å². The second-order valence-electron chi connectivity index (χ2n) is 5.39. The molecule has 120 valence electrons. The average molecular weight is 311 g/mol. The van der Waals surface area contributed by atoms with E-state index in [4.69, 9.17) is 0 Å². The maximum Gasteiger partial charge on any atom is 0.253 e. The minimum Gasteiger partial charge on any atom is -0.352 e. The van der Waals surface area contributed by atoms with Crippen LogP contribution in [0, 0.1) is 6.92 Å². The smallest absolute Gasteiger partial charge is 0.253 e. The highest BCUT2D eigenvalue weighted by atomic mass is 16.2. The highest BCUT2D eigenvalue weighted by molar-refractivity contribution is 5.99. The molecule has 2 N–H and O–H groups in total. The second kappa shape index (κ2) is 8.08. The lowest BCUT2D eigenvalue weighted by Crippen LogP contribution is -2.26. The minimum absolute atomic E-state index is 0.215. The van der Waals surface area contributed by atoms with Crippen LogP contribution in [0.1, 0.15) is 45.2 Å². The molecule has 0 fully saturated rings. The number of aryl methyl sites for hydroxylation is 1. The number of hydrogen-bond donors (Lipinski definition) is 2. The average Bonchev–Trinajstić information content (AvgIpc) is 2.59. The predicted octanol–water partition coefficient (Wildman–Crippen LogP) is 2.46. The third-order valence-electron chi connectivity index (χ3n) is 3.37. The minimum atomic E-state index is -0.247. The number of pyridine rings is 1. The van der Waals surface area contributed by atoms with Gasteiger partial charge in [0.15, 0.2) is 0 Å². The molecule has 5 heteroatoms. The normalized spacial score (nSPS) is 10.2. The van der Waals surface area contributed by atoms with Crippen LogP contribution in [-0.2, 0) is 6.54 Å². The van der Waals surface area contributed by atoms with E-state index in [1.807, 2.05) is 38.1 Å². The molecule has 0 aliphatic heterocycles. The van der Waals surface area contributed by atoms with Crippen LogP contribution in [0.2, 0.25) is 0 Å². The molecule has 0 saturated heterocycles. The number of carbonyl (C=O) groups excluding carboxylic acids is 2. The number of nitrogens with zero attached hydrogens (tertiary/aromatic N) is 1. The summed E-state index contributed by atoms with van der Waals surface area (Å²) in [5.74, 6) is -0.462. The summed E-state index contributed by atoms with van der Waals surface area (Å²) in [6.45, 7) is 5.03. The summed E-state index contributed by atoms with van der Waals surface area (Å²) in [7, 11) is 0. The number of carbonyl (C=O) groups is 2. The lowest BCUT2D eigenvalue weighted by molar-refractivity contribution is 0.0950. The van der Waals surface area contributed by atoms with Gasteiger partial charge in [-0.25, -0.2) is 0 Å². The summed E-state index contributed by atoms with van der Waals surface area (Å²) in [4.78, 5) is 28.1. The summed E-state index contributed by atoms with van der Waals surface area (Å²) in [6, 6.07) is 9.51. The highest BCUT2D eigenvalue weighted by Gasteiger charge is 2.10. The molecular formula is C18H21N3O2. The van der Waals surface area contributed by atoms with Crippen LogP contribution >= 0.6 is 0 Å². The fourth-order valence-corrected chi connectivity index (χ4v) is 2.02. The molecule has 5 nitrogen and oxygen atoms in total. The Bertz CT molecular complexity index is 681. The molecule has 0 radical (unpaired) electrons. The van der Waals surface area contributed by atoms with Gasteiger partial charge in [0.05, 0.1) is 11.1 Å². The fourth-order valence-electron chi connectivity index (χ4n) is 2.02. The van der Waals surface area contributed by atoms with Crippen LogP contribution < -0.4 is 10.6 Å². The van der Waals surface area contributed by atoms with Gasteiger partial charge in [-0.05, 0) is 25.0 Å². The van der Waals surface area contributed by atoms with Crippen LogP contribution in [0.15, 0.2) is 42.7 Å². The SMILES string of the molecule is CCCNC(=O)c1cncc(C(=O)NCc2ccc(C)cc2)c1. The van der Waals surface area contributed by atoms with Gasteiger partial charge in [-0.15, -0.1) is 0 Å². The van der Waals surface area contributed by atoms with Crippen molar-refractivity contribution in [3.63, 3.8) is 0 Å². The van der Waals surface area contributed by atoms with Gasteiger partial charge in [0.25, 0.3) is 11.8 Å². The lowest BCUT2D eigenvalue weighted by Gasteiger charge is -2.07. The summed E-state index contributed by atoms with van der Waals surface area (Å²) >= 11 is 0. The van der Waals surface area contributed by atoms with Gasteiger partial charge in [-0.3, -0.25) is 14.6 Å². The van der Waals surface area contributed by atoms with Crippen molar-refractivity contribution in [2.75, 3.05) is 6.54 Å². The molecule has 0 unspecified atom stereocenters. The zero-order chi connectivity index (χ0) is 16.7. The Hall–Kier alpha value is -2.69. The molecule has 0 aliphatic carbocycles. The quantitative estimate of drug-likeness (QED) is 0.861. The van der Waals surface area contributed by atoms with Gasteiger partial charge in [0, 0.05) is 25.5 Å². The molecule has 2 aromatic rings. The van der Waals surface area contributed by atoms with E-state index in [0.717, 1.165) is 12.0 Å². The number of nitrogens with one attached hydrogen (secondary N) is 2. The Morgan fingerprint density at radius 1 is 1.00 bits per heavy atom. The Balaban J connectivity index is 1.99. The summed E-state index contributed by atoms with van der Waals surface area (Å²) in [5, 5.41) is 5.60. The zero-order valence-electron chi connectivity index (χ0n) is 13.4. The van der Waals surface area contributed by atoms with Crippen LogP contribution in [0.4, 0.5) is 0 Å². The van der Waals surface area contributed by atoms with Crippen molar-refractivity contribution in [2.45, 2.75) is 26.8 Å². The monoisotopic (exact) mass is 311 g/mol. The van der Waals surface area contributed by atoms with Crippen LogP contribution in [0.3, 0.4) is 0 Å². The number of aromatic nitrogens is 1. The molecule has 1 aromatic carbocycles. The van der Waals surface area contributed by atoms with Crippen LogP contribution in [-0.4, -0.2) is 23.3 Å². The van der Waals surface area contributed by atoms with E-state index < -0.39 is 0 Å². The molecule has 0 atom stereocenters. The summed E-state index contributed by atoms with van der Waals surface area (Å²) in [5.41, 5.74) is 2.96. The second-order valence-corrected chi connectivity index (χ2v) is 5.39. The van der Waals surface area contributed by atoms with Crippen molar-refractivity contribution in [3.05, 3.63) is 65.0 Å². The topological polar surface area (TPSA) is 71.1 Å². The molecule has 2 rings (SSSR count). The number of benzene rings is 1. The number of rotatable bonds is 6. The first-order valence-electron chi connectivity index (χ1n) is 7.67. The maximum atomic E-state index is 12.2. The molecule has 2 amide bonds. The molecule has 1 heterocycles. The first-order valence-corrected chi connectivity index (χ1v) is 7.67. The summed E-state index contributed by atoms with van der Waals surface area (Å²) < 4.78 is 0. The van der Waals surface area contributed by atoms with E-state index in [1.54, 1.807) is 6.07 Å². The van der Waals surface area contributed by atoms with Gasteiger partial charge in [0.2, 0.25) is 0 Å². The fraction of sp³-hybridized carbons (Fsp3) is 0.278. The third-order valence-corrected chi connectivity index (χ3v) is 3.37. The lowest BCUT2D eigenvalue weighted by atomic mass is 10.1. The third kappa shape index (κ3) is 4.92. The van der Waals surface area contributed by atoms with Crippen molar-refractivity contribution in [1.82, 2.24) is 15.6 Å². The van der Waals surface area contributed by atoms with E-state index in [2.05, 4.69) is 15.6 Å². The molecule has 0 spiro atoms. The first kappa shape index (κ1) is 16.7. The standard InChI is InChI=1S/C18H21N3O2/c1-3-8-20-17(22)15-9-16(12-19-11-15)18(23)21-10-14-6-4-13(2)5-7-14/h4-7,9,11-12H,3,8,10H2,1-2H3,(H,20,22)(H,21,23). The number of amides is 2. The van der Waals surface area contributed by atoms with E-state index in [1.165, 1.54) is 18.0 Å². The molecule has 1 aromatic heterocycles. The molecule has 23 heavy (non-hydrogen) atoms. The zero-order valence-corrected chi connectivity index (χ0v) is 13.4. The van der Waals surface area contributed by atoms with Gasteiger partial charge in [-0.1, -0.05) is 36.8 Å². The predicted molar refractivity (Wildman–Crippen MR) is 89.2 cm³/mol. The van der Waals surface area contributed by atoms with Crippen molar-refractivity contribution in [3.8, 4) is 0 Å². The van der Waals surface area contributed by atoms with E-state index in [9.17, 15) is 9.59 Å². The summed E-state index contributed by atoms with van der Waals surface area (Å²) in [6.07, 6.45) is 3.78. The van der Waals surface area contributed by atoms with Crippen molar-refractivity contribution in [2.24, 2.45) is 0 Å². The van der Waals surface area contributed by atoms with Crippen molar-refractivity contribution >= 4 is 11.8 Å². The Morgan fingerprint density at radius 2 is 1.61 bits per heavy atom. The largest absolute Gasteiger partial charge is 0.352 e. The molecular weight excluding hydrogens is 290 g/mol. The van der Waals surface area contributed by atoms with Gasteiger partial charge in [-0.2, -0.15) is 0 Å². The molecule has 0 aliphatic rings. The van der Waals surface area contributed by atoms with Gasteiger partial charge >= 0.3 is 0 Å². The van der Waals surface area contributed by atoms with E-state index in [-0.39, 0.29) is 11.8 Å².